The minimum Gasteiger partial charge on any atom is -0.494 e. The number of aromatic amines is 1. The predicted molar refractivity (Wildman–Crippen MR) is 112 cm³/mol. The molecule has 0 aliphatic carbocycles. The Balaban J connectivity index is 1.72. The van der Waals surface area contributed by atoms with Gasteiger partial charge in [0, 0.05) is 23.6 Å². The third kappa shape index (κ3) is 5.84. The van der Waals surface area contributed by atoms with Crippen molar-refractivity contribution in [2.24, 2.45) is 0 Å². The summed E-state index contributed by atoms with van der Waals surface area (Å²) < 4.78 is 16.8. The molecule has 1 aromatic carbocycles. The molecule has 0 unspecified atom stereocenters. The molecule has 5 nitrogen and oxygen atoms in total. The molecule has 1 heterocycles. The van der Waals surface area contributed by atoms with Gasteiger partial charge in [-0.3, -0.25) is 0 Å². The van der Waals surface area contributed by atoms with E-state index >= 15 is 0 Å². The number of esters is 1. The number of aromatic nitrogens is 1. The van der Waals surface area contributed by atoms with Gasteiger partial charge in [0.25, 0.3) is 0 Å². The summed E-state index contributed by atoms with van der Waals surface area (Å²) in [6.07, 6.45) is 3.15. The molecular formula is C21H33NO4Si. The highest BCUT2D eigenvalue weighted by molar-refractivity contribution is 6.74. The van der Waals surface area contributed by atoms with Crippen molar-refractivity contribution in [3.8, 4) is 5.75 Å². The monoisotopic (exact) mass is 391 g/mol. The summed E-state index contributed by atoms with van der Waals surface area (Å²) in [5, 5.41) is 1.23. The number of hydrogen-bond acceptors (Lipinski definition) is 4. The van der Waals surface area contributed by atoms with Gasteiger partial charge in [0.1, 0.15) is 11.4 Å². The third-order valence-corrected chi connectivity index (χ3v) is 9.86. The fourth-order valence-corrected chi connectivity index (χ4v) is 3.62. The van der Waals surface area contributed by atoms with Gasteiger partial charge in [-0.1, -0.05) is 20.8 Å². The minimum atomic E-state index is -1.63. The van der Waals surface area contributed by atoms with E-state index in [0.29, 0.717) is 12.3 Å². The molecule has 0 aliphatic heterocycles. The Hall–Kier alpha value is -1.79. The maximum Gasteiger partial charge on any atom is 0.354 e. The summed E-state index contributed by atoms with van der Waals surface area (Å²) in [7, 11) is -0.254. The summed E-state index contributed by atoms with van der Waals surface area (Å²) in [4.78, 5) is 14.7. The molecular weight excluding hydrogens is 358 g/mol. The lowest BCUT2D eigenvalue weighted by Gasteiger charge is -2.36. The van der Waals surface area contributed by atoms with Gasteiger partial charge >= 0.3 is 5.97 Å². The quantitative estimate of drug-likeness (QED) is 0.347. The number of nitrogens with one attached hydrogen (secondary N) is 1. The zero-order valence-electron chi connectivity index (χ0n) is 17.5. The van der Waals surface area contributed by atoms with Crippen LogP contribution in [0.15, 0.2) is 24.3 Å². The Morgan fingerprint density at radius 1 is 1.07 bits per heavy atom. The first-order valence-corrected chi connectivity index (χ1v) is 12.5. The van der Waals surface area contributed by atoms with Crippen LogP contribution in [-0.4, -0.2) is 39.6 Å². The molecule has 6 heteroatoms. The molecule has 2 aromatic rings. The molecule has 1 aromatic heterocycles. The Kier molecular flexibility index (Phi) is 7.11. The van der Waals surface area contributed by atoms with Crippen molar-refractivity contribution in [1.82, 2.24) is 4.98 Å². The summed E-state index contributed by atoms with van der Waals surface area (Å²) in [6, 6.07) is 7.58. The fraction of sp³-hybridized carbons (Fsp3) is 0.571. The highest BCUT2D eigenvalue weighted by Gasteiger charge is 2.36. The zero-order chi connectivity index (χ0) is 20.1. The Morgan fingerprint density at radius 3 is 2.44 bits per heavy atom. The molecule has 150 valence electrons. The van der Waals surface area contributed by atoms with Crippen molar-refractivity contribution in [3.05, 3.63) is 30.0 Å². The minimum absolute atomic E-state index is 0.264. The van der Waals surface area contributed by atoms with Crippen molar-refractivity contribution in [2.45, 2.75) is 58.2 Å². The smallest absolute Gasteiger partial charge is 0.354 e. The van der Waals surface area contributed by atoms with Crippen LogP contribution in [0, 0.1) is 0 Å². The van der Waals surface area contributed by atoms with Crippen LogP contribution in [0.25, 0.3) is 10.9 Å². The summed E-state index contributed by atoms with van der Waals surface area (Å²) >= 11 is 0. The molecule has 0 fully saturated rings. The van der Waals surface area contributed by atoms with Crippen LogP contribution in [0.4, 0.5) is 0 Å². The number of methoxy groups -OCH3 is 1. The zero-order valence-corrected chi connectivity index (χ0v) is 18.5. The van der Waals surface area contributed by atoms with E-state index in [2.05, 4.69) is 38.8 Å². The maximum absolute atomic E-state index is 11.6. The van der Waals surface area contributed by atoms with Crippen molar-refractivity contribution in [3.63, 3.8) is 0 Å². The van der Waals surface area contributed by atoms with Gasteiger partial charge in [-0.15, -0.1) is 0 Å². The number of benzene rings is 1. The number of carbonyl (C=O) groups excluding carboxylic acids is 1. The van der Waals surface area contributed by atoms with Crippen molar-refractivity contribution >= 4 is 25.2 Å². The lowest BCUT2D eigenvalue weighted by atomic mass is 10.2. The van der Waals surface area contributed by atoms with Crippen LogP contribution in [0.1, 0.15) is 50.5 Å². The van der Waals surface area contributed by atoms with Gasteiger partial charge in [0.2, 0.25) is 0 Å². The van der Waals surface area contributed by atoms with E-state index in [4.69, 9.17) is 13.9 Å². The van der Waals surface area contributed by atoms with Crippen LogP contribution < -0.4 is 4.74 Å². The molecule has 0 aliphatic rings. The van der Waals surface area contributed by atoms with Crippen LogP contribution in [0.2, 0.25) is 18.1 Å². The first-order valence-electron chi connectivity index (χ1n) is 9.62. The Morgan fingerprint density at radius 2 is 1.78 bits per heavy atom. The van der Waals surface area contributed by atoms with Gasteiger partial charge < -0.3 is 18.9 Å². The molecule has 27 heavy (non-hydrogen) atoms. The molecule has 0 radical (unpaired) electrons. The fourth-order valence-electron chi connectivity index (χ4n) is 2.53. The van der Waals surface area contributed by atoms with E-state index in [9.17, 15) is 4.79 Å². The normalized spacial score (nSPS) is 12.4. The second-order valence-electron chi connectivity index (χ2n) is 8.44. The summed E-state index contributed by atoms with van der Waals surface area (Å²) in [5.41, 5.74) is 1.32. The molecule has 1 N–H and O–H groups in total. The van der Waals surface area contributed by atoms with Gasteiger partial charge in [-0.05, 0) is 55.6 Å². The van der Waals surface area contributed by atoms with Crippen molar-refractivity contribution in [1.29, 1.82) is 0 Å². The first kappa shape index (κ1) is 21.5. The lowest BCUT2D eigenvalue weighted by Crippen LogP contribution is -2.40. The Labute approximate surface area is 163 Å². The van der Waals surface area contributed by atoms with E-state index in [1.165, 1.54) is 7.11 Å². The van der Waals surface area contributed by atoms with Crippen molar-refractivity contribution < 1.29 is 18.7 Å². The number of rotatable bonds is 9. The number of ether oxygens (including phenoxy) is 2. The van der Waals surface area contributed by atoms with Gasteiger partial charge in [0.05, 0.1) is 13.7 Å². The molecule has 0 amide bonds. The number of hydrogen-bond donors (Lipinski definition) is 1. The molecule has 0 spiro atoms. The lowest BCUT2D eigenvalue weighted by molar-refractivity contribution is 0.0595. The maximum atomic E-state index is 11.6. The summed E-state index contributed by atoms with van der Waals surface area (Å²) in [6.45, 7) is 12.9. The van der Waals surface area contributed by atoms with Gasteiger partial charge in [0.15, 0.2) is 8.32 Å². The standard InChI is InChI=1S/C21H33NO4Si/c1-21(2,3)27(5,6)26-13-9-7-8-12-25-17-11-10-16-14-19(20(23)24-4)22-18(16)15-17/h10-11,14-15,22H,7-9,12-13H2,1-6H3. The number of fused-ring (bicyclic) bond motifs is 1. The summed E-state index contributed by atoms with van der Waals surface area (Å²) in [5.74, 6) is 0.437. The van der Waals surface area contributed by atoms with Gasteiger partial charge in [-0.2, -0.15) is 0 Å². The number of H-pyrrole nitrogens is 1. The average Bonchev–Trinajstić information content (AvgIpc) is 3.02. The van der Waals surface area contributed by atoms with Crippen LogP contribution in [-0.2, 0) is 9.16 Å². The topological polar surface area (TPSA) is 60.6 Å². The first-order chi connectivity index (χ1) is 12.6. The number of unbranched alkanes of at least 4 members (excludes halogenated alkanes) is 2. The largest absolute Gasteiger partial charge is 0.494 e. The molecule has 2 rings (SSSR count). The second-order valence-corrected chi connectivity index (χ2v) is 13.3. The predicted octanol–water partition coefficient (Wildman–Crippen LogP) is 5.53. The van der Waals surface area contributed by atoms with Crippen LogP contribution >= 0.6 is 0 Å². The SMILES string of the molecule is COC(=O)c1cc2ccc(OCCCCCO[Si](C)(C)C(C)(C)C)cc2[nH]1. The van der Waals surface area contributed by atoms with E-state index in [1.54, 1.807) is 6.07 Å². The van der Waals surface area contributed by atoms with Gasteiger partial charge in [-0.25, -0.2) is 4.79 Å². The molecule has 0 bridgehead atoms. The van der Waals surface area contributed by atoms with E-state index in [0.717, 1.165) is 42.5 Å². The third-order valence-electron chi connectivity index (χ3n) is 5.33. The van der Waals surface area contributed by atoms with E-state index in [1.807, 2.05) is 18.2 Å². The highest BCUT2D eigenvalue weighted by atomic mass is 28.4. The highest BCUT2D eigenvalue weighted by Crippen LogP contribution is 2.36. The number of carbonyl (C=O) groups is 1. The second kappa shape index (κ2) is 8.93. The average molecular weight is 392 g/mol. The van der Waals surface area contributed by atoms with E-state index in [-0.39, 0.29) is 11.0 Å². The molecule has 0 saturated heterocycles. The Bertz CT molecular complexity index is 761. The van der Waals surface area contributed by atoms with Crippen molar-refractivity contribution in [2.75, 3.05) is 20.3 Å². The van der Waals surface area contributed by atoms with Crippen LogP contribution in [0.3, 0.4) is 0 Å². The van der Waals surface area contributed by atoms with Crippen LogP contribution in [0.5, 0.6) is 5.75 Å². The van der Waals surface area contributed by atoms with E-state index < -0.39 is 8.32 Å². The molecule has 0 saturated carbocycles. The molecule has 0 atom stereocenters.